The highest BCUT2D eigenvalue weighted by Gasteiger charge is 2.09. The molecule has 0 fully saturated rings. The van der Waals surface area contributed by atoms with Gasteiger partial charge in [0.2, 0.25) is 0 Å². The van der Waals surface area contributed by atoms with Crippen LogP contribution in [0.25, 0.3) is 22.4 Å². The van der Waals surface area contributed by atoms with E-state index in [1.807, 2.05) is 24.3 Å². The third kappa shape index (κ3) is 1.44. The SMILES string of the molecule is Clc1nc(-c2[c]cccc2)nc2c[nH]nc12. The van der Waals surface area contributed by atoms with Crippen LogP contribution in [0.4, 0.5) is 0 Å². The van der Waals surface area contributed by atoms with E-state index in [0.717, 1.165) is 5.56 Å². The van der Waals surface area contributed by atoms with Crippen molar-refractivity contribution in [3.8, 4) is 11.4 Å². The molecule has 2 aromatic heterocycles. The number of benzene rings is 1. The number of nitrogens with one attached hydrogen (secondary N) is 1. The van der Waals surface area contributed by atoms with Crippen molar-refractivity contribution in [1.29, 1.82) is 0 Å². The van der Waals surface area contributed by atoms with Crippen molar-refractivity contribution >= 4 is 22.6 Å². The minimum atomic E-state index is 0.346. The maximum absolute atomic E-state index is 6.01. The lowest BCUT2D eigenvalue weighted by atomic mass is 10.2. The molecule has 0 unspecified atom stereocenters. The summed E-state index contributed by atoms with van der Waals surface area (Å²) in [4.78, 5) is 8.53. The average Bonchev–Trinajstić information content (AvgIpc) is 2.79. The molecule has 16 heavy (non-hydrogen) atoms. The maximum atomic E-state index is 6.01. The van der Waals surface area contributed by atoms with Gasteiger partial charge in [-0.25, -0.2) is 9.97 Å². The predicted octanol–water partition coefficient (Wildman–Crippen LogP) is 2.47. The zero-order valence-corrected chi connectivity index (χ0v) is 8.86. The zero-order valence-electron chi connectivity index (χ0n) is 8.11. The Morgan fingerprint density at radius 1 is 1.25 bits per heavy atom. The second-order valence-corrected chi connectivity index (χ2v) is 3.59. The summed E-state index contributed by atoms with van der Waals surface area (Å²) in [6, 6.07) is 10.5. The summed E-state index contributed by atoms with van der Waals surface area (Å²) in [5.74, 6) is 0.555. The number of nitrogens with zero attached hydrogens (tertiary/aromatic N) is 3. The molecule has 4 nitrogen and oxygen atoms in total. The van der Waals surface area contributed by atoms with E-state index in [9.17, 15) is 0 Å². The normalized spacial score (nSPS) is 10.8. The third-order valence-corrected chi connectivity index (χ3v) is 2.46. The second kappa shape index (κ2) is 3.57. The second-order valence-electron chi connectivity index (χ2n) is 3.23. The topological polar surface area (TPSA) is 54.5 Å². The van der Waals surface area contributed by atoms with Gasteiger partial charge in [0.15, 0.2) is 11.0 Å². The van der Waals surface area contributed by atoms with Gasteiger partial charge in [-0.1, -0.05) is 35.9 Å². The lowest BCUT2D eigenvalue weighted by molar-refractivity contribution is 1.11. The highest BCUT2D eigenvalue weighted by Crippen LogP contribution is 2.22. The molecule has 0 bridgehead atoms. The van der Waals surface area contributed by atoms with Crippen molar-refractivity contribution in [2.75, 3.05) is 0 Å². The Morgan fingerprint density at radius 3 is 3.00 bits per heavy atom. The fourth-order valence-corrected chi connectivity index (χ4v) is 1.68. The van der Waals surface area contributed by atoms with Crippen molar-refractivity contribution < 1.29 is 0 Å². The summed E-state index contributed by atoms with van der Waals surface area (Å²) in [5, 5.41) is 7.02. The Labute approximate surface area is 96.3 Å². The Bertz CT molecular complexity index is 633. The molecular formula is C11H6ClN4. The van der Waals surface area contributed by atoms with Gasteiger partial charge in [-0.05, 0) is 6.07 Å². The van der Waals surface area contributed by atoms with Gasteiger partial charge in [0.25, 0.3) is 0 Å². The van der Waals surface area contributed by atoms with E-state index in [1.54, 1.807) is 6.20 Å². The number of hydrogen-bond acceptors (Lipinski definition) is 3. The number of halogens is 1. The smallest absolute Gasteiger partial charge is 0.162 e. The molecule has 1 radical (unpaired) electrons. The summed E-state index contributed by atoms with van der Waals surface area (Å²) in [7, 11) is 0. The summed E-state index contributed by atoms with van der Waals surface area (Å²) in [6.45, 7) is 0. The molecule has 0 spiro atoms. The fraction of sp³-hybridized carbons (Fsp3) is 0. The molecule has 3 rings (SSSR count). The molecule has 77 valence electrons. The van der Waals surface area contributed by atoms with Crippen molar-refractivity contribution in [3.63, 3.8) is 0 Å². The van der Waals surface area contributed by atoms with E-state index in [0.29, 0.717) is 22.0 Å². The van der Waals surface area contributed by atoms with E-state index < -0.39 is 0 Å². The monoisotopic (exact) mass is 229 g/mol. The van der Waals surface area contributed by atoms with Crippen LogP contribution in [-0.2, 0) is 0 Å². The summed E-state index contributed by atoms with van der Waals surface area (Å²) in [5.41, 5.74) is 2.10. The summed E-state index contributed by atoms with van der Waals surface area (Å²) >= 11 is 6.01. The first-order valence-corrected chi connectivity index (χ1v) is 5.06. The van der Waals surface area contributed by atoms with E-state index in [4.69, 9.17) is 11.6 Å². The van der Waals surface area contributed by atoms with Crippen LogP contribution in [0.5, 0.6) is 0 Å². The minimum absolute atomic E-state index is 0.346. The molecule has 0 aliphatic carbocycles. The molecular weight excluding hydrogens is 224 g/mol. The van der Waals surface area contributed by atoms with E-state index >= 15 is 0 Å². The number of fused-ring (bicyclic) bond motifs is 1. The van der Waals surface area contributed by atoms with Crippen LogP contribution in [0, 0.1) is 6.07 Å². The first kappa shape index (κ1) is 9.30. The molecule has 5 heteroatoms. The Morgan fingerprint density at radius 2 is 2.19 bits per heavy atom. The van der Waals surface area contributed by atoms with Crippen LogP contribution in [0.1, 0.15) is 0 Å². The largest absolute Gasteiger partial charge is 0.283 e. The van der Waals surface area contributed by atoms with E-state index in [1.165, 1.54) is 0 Å². The minimum Gasteiger partial charge on any atom is -0.283 e. The predicted molar refractivity (Wildman–Crippen MR) is 61.0 cm³/mol. The molecule has 0 aliphatic heterocycles. The molecule has 0 atom stereocenters. The molecule has 0 saturated carbocycles. The van der Waals surface area contributed by atoms with Crippen LogP contribution in [0.3, 0.4) is 0 Å². The Kier molecular flexibility index (Phi) is 2.08. The lowest BCUT2D eigenvalue weighted by Gasteiger charge is -1.99. The van der Waals surface area contributed by atoms with Gasteiger partial charge in [0, 0.05) is 11.8 Å². The van der Waals surface area contributed by atoms with Crippen molar-refractivity contribution in [3.05, 3.63) is 41.7 Å². The molecule has 0 amide bonds. The first-order chi connectivity index (χ1) is 7.84. The molecule has 1 N–H and O–H groups in total. The number of rotatable bonds is 1. The molecule has 3 aromatic rings. The Balaban J connectivity index is 2.25. The van der Waals surface area contributed by atoms with Gasteiger partial charge in [-0.15, -0.1) is 0 Å². The standard InChI is InChI=1S/C11H6ClN4/c12-10-9-8(6-13-16-9)14-11(15-10)7-4-2-1-3-5-7/h1-4,6H,(H,13,16). The van der Waals surface area contributed by atoms with Crippen LogP contribution in [0.2, 0.25) is 5.15 Å². The van der Waals surface area contributed by atoms with Crippen molar-refractivity contribution in [2.24, 2.45) is 0 Å². The van der Waals surface area contributed by atoms with Gasteiger partial charge in [-0.3, -0.25) is 5.10 Å². The summed E-state index contributed by atoms with van der Waals surface area (Å²) < 4.78 is 0. The van der Waals surface area contributed by atoms with E-state index in [-0.39, 0.29) is 0 Å². The number of hydrogen-bond donors (Lipinski definition) is 1. The van der Waals surface area contributed by atoms with Crippen molar-refractivity contribution in [1.82, 2.24) is 20.2 Å². The molecule has 1 aromatic carbocycles. The quantitative estimate of drug-likeness (QED) is 0.653. The first-order valence-electron chi connectivity index (χ1n) is 4.69. The van der Waals surface area contributed by atoms with Gasteiger partial charge < -0.3 is 0 Å². The van der Waals surface area contributed by atoms with E-state index in [2.05, 4.69) is 26.2 Å². The molecule has 0 saturated heterocycles. The highest BCUT2D eigenvalue weighted by atomic mass is 35.5. The third-order valence-electron chi connectivity index (χ3n) is 2.20. The molecule has 0 aliphatic rings. The zero-order chi connectivity index (χ0) is 11.0. The van der Waals surface area contributed by atoms with Gasteiger partial charge in [0.1, 0.15) is 11.0 Å². The fourth-order valence-electron chi connectivity index (χ4n) is 1.46. The number of aromatic amines is 1. The average molecular weight is 230 g/mol. The van der Waals surface area contributed by atoms with Crippen LogP contribution in [0.15, 0.2) is 30.5 Å². The molecule has 2 heterocycles. The van der Waals surface area contributed by atoms with Gasteiger partial charge in [0.05, 0.1) is 0 Å². The maximum Gasteiger partial charge on any atom is 0.162 e. The van der Waals surface area contributed by atoms with Crippen LogP contribution < -0.4 is 0 Å². The van der Waals surface area contributed by atoms with Crippen molar-refractivity contribution in [2.45, 2.75) is 0 Å². The van der Waals surface area contributed by atoms with Crippen LogP contribution in [-0.4, -0.2) is 20.2 Å². The number of H-pyrrole nitrogens is 1. The highest BCUT2D eigenvalue weighted by molar-refractivity contribution is 6.33. The summed E-state index contributed by atoms with van der Waals surface area (Å²) in [6.07, 6.45) is 1.69. The van der Waals surface area contributed by atoms with Gasteiger partial charge in [-0.2, -0.15) is 5.10 Å². The Hall–Kier alpha value is -1.94. The number of aromatic nitrogens is 4. The van der Waals surface area contributed by atoms with Gasteiger partial charge >= 0.3 is 0 Å². The lowest BCUT2D eigenvalue weighted by Crippen LogP contribution is -1.90. The van der Waals surface area contributed by atoms with Crippen LogP contribution >= 0.6 is 11.6 Å².